The Bertz CT molecular complexity index is 1320. The molecule has 1 saturated heterocycles. The predicted octanol–water partition coefficient (Wildman–Crippen LogP) is 6.08. The highest BCUT2D eigenvalue weighted by molar-refractivity contribution is 5.63. The highest BCUT2D eigenvalue weighted by atomic mass is 19.4. The molecule has 9 heteroatoms. The maximum atomic E-state index is 13.0. The van der Waals surface area contributed by atoms with Crippen molar-refractivity contribution in [3.8, 4) is 11.3 Å². The Labute approximate surface area is 220 Å². The van der Waals surface area contributed by atoms with Crippen molar-refractivity contribution >= 4 is 17.3 Å². The summed E-state index contributed by atoms with van der Waals surface area (Å²) in [4.78, 5) is 17.8. The number of nitrogens with one attached hydrogen (secondary N) is 1. The van der Waals surface area contributed by atoms with E-state index in [-0.39, 0.29) is 6.04 Å². The topological polar surface area (TPSA) is 57.2 Å². The van der Waals surface area contributed by atoms with Gasteiger partial charge in [0.2, 0.25) is 5.95 Å². The van der Waals surface area contributed by atoms with Gasteiger partial charge in [0.15, 0.2) is 0 Å². The number of anilines is 3. The lowest BCUT2D eigenvalue weighted by molar-refractivity contribution is -0.137. The van der Waals surface area contributed by atoms with E-state index in [1.165, 1.54) is 12.1 Å². The van der Waals surface area contributed by atoms with Gasteiger partial charge in [-0.2, -0.15) is 13.2 Å². The highest BCUT2D eigenvalue weighted by Crippen LogP contribution is 2.31. The lowest BCUT2D eigenvalue weighted by atomic mass is 10.0. The molecule has 38 heavy (non-hydrogen) atoms. The van der Waals surface area contributed by atoms with Gasteiger partial charge in [-0.05, 0) is 74.0 Å². The van der Waals surface area contributed by atoms with Crippen molar-refractivity contribution in [3.05, 3.63) is 96.4 Å². The van der Waals surface area contributed by atoms with Gasteiger partial charge in [-0.1, -0.05) is 24.3 Å². The molecule has 1 aliphatic rings. The molecule has 2 aromatic heterocycles. The molecule has 1 N–H and O–H groups in total. The van der Waals surface area contributed by atoms with Crippen LogP contribution < -0.4 is 15.1 Å². The fraction of sp³-hybridized carbons (Fsp3) is 0.276. The van der Waals surface area contributed by atoms with Gasteiger partial charge < -0.3 is 15.1 Å². The minimum atomic E-state index is -4.37. The van der Waals surface area contributed by atoms with Crippen LogP contribution in [-0.4, -0.2) is 41.1 Å². The van der Waals surface area contributed by atoms with Crippen LogP contribution in [0.1, 0.15) is 24.0 Å². The van der Waals surface area contributed by atoms with Gasteiger partial charge >= 0.3 is 6.18 Å². The van der Waals surface area contributed by atoms with E-state index in [4.69, 9.17) is 4.98 Å². The first kappa shape index (κ1) is 25.7. The molecule has 1 fully saturated rings. The monoisotopic (exact) mass is 518 g/mol. The van der Waals surface area contributed by atoms with E-state index < -0.39 is 11.7 Å². The van der Waals surface area contributed by atoms with Crippen molar-refractivity contribution in [2.24, 2.45) is 0 Å². The number of nitrogens with zero attached hydrogens (tertiary/aromatic N) is 5. The molecule has 6 nitrogen and oxygen atoms in total. The van der Waals surface area contributed by atoms with Crippen molar-refractivity contribution in [2.75, 3.05) is 29.9 Å². The molecular weight excluding hydrogens is 489 g/mol. The van der Waals surface area contributed by atoms with Gasteiger partial charge in [-0.15, -0.1) is 0 Å². The number of alkyl halides is 3. The normalized spacial score (nSPS) is 14.3. The zero-order valence-electron chi connectivity index (χ0n) is 21.1. The smallest absolute Gasteiger partial charge is 0.345 e. The van der Waals surface area contributed by atoms with Gasteiger partial charge in [0.05, 0.1) is 11.3 Å². The molecule has 0 aliphatic carbocycles. The molecule has 5 rings (SSSR count). The van der Waals surface area contributed by atoms with E-state index in [0.717, 1.165) is 55.0 Å². The third-order valence-corrected chi connectivity index (χ3v) is 6.88. The van der Waals surface area contributed by atoms with Gasteiger partial charge in [-0.3, -0.25) is 4.98 Å². The minimum Gasteiger partial charge on any atom is -0.345 e. The number of rotatable bonds is 7. The van der Waals surface area contributed by atoms with Crippen molar-refractivity contribution in [3.63, 3.8) is 0 Å². The number of hydrogen-bond donors (Lipinski definition) is 1. The summed E-state index contributed by atoms with van der Waals surface area (Å²) in [6.07, 6.45) is 2.76. The second-order valence-electron chi connectivity index (χ2n) is 9.36. The summed E-state index contributed by atoms with van der Waals surface area (Å²) >= 11 is 0. The maximum absolute atomic E-state index is 13.0. The Balaban J connectivity index is 1.40. The second-order valence-corrected chi connectivity index (χ2v) is 9.36. The molecule has 3 heterocycles. The second kappa shape index (κ2) is 11.2. The molecule has 0 unspecified atom stereocenters. The quantitative estimate of drug-likeness (QED) is 0.320. The van der Waals surface area contributed by atoms with Crippen LogP contribution in [-0.2, 0) is 12.7 Å². The van der Waals surface area contributed by atoms with Crippen LogP contribution in [0.2, 0.25) is 0 Å². The summed E-state index contributed by atoms with van der Waals surface area (Å²) in [6, 6.07) is 19.4. The summed E-state index contributed by atoms with van der Waals surface area (Å²) in [5.41, 5.74) is 3.78. The van der Waals surface area contributed by atoms with Crippen LogP contribution >= 0.6 is 0 Å². The van der Waals surface area contributed by atoms with E-state index in [2.05, 4.69) is 49.4 Å². The van der Waals surface area contributed by atoms with E-state index in [1.807, 2.05) is 19.2 Å². The molecule has 1 aliphatic heterocycles. The Morgan fingerprint density at radius 1 is 0.842 bits per heavy atom. The summed E-state index contributed by atoms with van der Waals surface area (Å²) in [6.45, 7) is 2.45. The highest BCUT2D eigenvalue weighted by Gasteiger charge is 2.30. The zero-order chi connectivity index (χ0) is 26.5. The molecule has 0 spiro atoms. The van der Waals surface area contributed by atoms with Gasteiger partial charge in [0.1, 0.15) is 0 Å². The predicted molar refractivity (Wildman–Crippen MR) is 143 cm³/mol. The molecule has 0 saturated carbocycles. The van der Waals surface area contributed by atoms with Crippen LogP contribution in [0.25, 0.3) is 11.3 Å². The van der Waals surface area contributed by atoms with Crippen LogP contribution in [0.15, 0.2) is 85.3 Å². The lowest BCUT2D eigenvalue weighted by Gasteiger charge is -2.35. The molecule has 0 atom stereocenters. The number of piperidine rings is 1. The van der Waals surface area contributed by atoms with Crippen LogP contribution in [0.4, 0.5) is 30.5 Å². The first-order chi connectivity index (χ1) is 18.4. The first-order valence-corrected chi connectivity index (χ1v) is 12.6. The molecule has 0 amide bonds. The van der Waals surface area contributed by atoms with Crippen molar-refractivity contribution in [1.82, 2.24) is 20.3 Å². The SMILES string of the molecule is CN(c1ccncc1)c1ccc(CN(c2nccc(-c3ccc(C(F)(F)F)cc3)n2)C2CCNCC2)cc1. The molecular formula is C29H29F3N6. The summed E-state index contributed by atoms with van der Waals surface area (Å²) < 4.78 is 39.1. The van der Waals surface area contributed by atoms with Crippen molar-refractivity contribution < 1.29 is 13.2 Å². The molecule has 0 bridgehead atoms. The maximum Gasteiger partial charge on any atom is 0.416 e. The zero-order valence-corrected chi connectivity index (χ0v) is 21.1. The number of aromatic nitrogens is 3. The standard InChI is InChI=1S/C29H29F3N6/c1-37(25-10-15-33-16-11-25)24-8-2-21(3-9-24)20-38(26-12-17-34-18-13-26)28-35-19-14-27(36-28)22-4-6-23(7-5-22)29(30,31)32/h2-11,14-16,19,26,34H,12-13,17-18,20H2,1H3. The van der Waals surface area contributed by atoms with Crippen molar-refractivity contribution in [1.29, 1.82) is 0 Å². The Kier molecular flexibility index (Phi) is 7.55. The fourth-order valence-corrected chi connectivity index (χ4v) is 4.70. The Hall–Kier alpha value is -3.98. The third-order valence-electron chi connectivity index (χ3n) is 6.88. The lowest BCUT2D eigenvalue weighted by Crippen LogP contribution is -2.43. The van der Waals surface area contributed by atoms with Crippen LogP contribution in [0, 0.1) is 0 Å². The van der Waals surface area contributed by atoms with Crippen LogP contribution in [0.3, 0.4) is 0 Å². The Morgan fingerprint density at radius 3 is 2.16 bits per heavy atom. The molecule has 196 valence electrons. The largest absolute Gasteiger partial charge is 0.416 e. The molecule has 2 aromatic carbocycles. The number of pyridine rings is 1. The van der Waals surface area contributed by atoms with E-state index >= 15 is 0 Å². The number of halogens is 3. The average molecular weight is 519 g/mol. The Morgan fingerprint density at radius 2 is 1.50 bits per heavy atom. The van der Waals surface area contributed by atoms with Crippen molar-refractivity contribution in [2.45, 2.75) is 31.6 Å². The molecule has 0 radical (unpaired) electrons. The third kappa shape index (κ3) is 5.94. The summed E-state index contributed by atoms with van der Waals surface area (Å²) in [5, 5.41) is 3.41. The van der Waals surface area contributed by atoms with Crippen LogP contribution in [0.5, 0.6) is 0 Å². The average Bonchev–Trinajstić information content (AvgIpc) is 2.96. The number of benzene rings is 2. The van der Waals surface area contributed by atoms with E-state index in [0.29, 0.717) is 23.8 Å². The summed E-state index contributed by atoms with van der Waals surface area (Å²) in [7, 11) is 2.02. The van der Waals surface area contributed by atoms with Gasteiger partial charge in [0, 0.05) is 55.2 Å². The van der Waals surface area contributed by atoms with Gasteiger partial charge in [0.25, 0.3) is 0 Å². The summed E-state index contributed by atoms with van der Waals surface area (Å²) in [5.74, 6) is 0.576. The minimum absolute atomic E-state index is 0.248. The van der Waals surface area contributed by atoms with Gasteiger partial charge in [-0.25, -0.2) is 9.97 Å². The fourth-order valence-electron chi connectivity index (χ4n) is 4.70. The first-order valence-electron chi connectivity index (χ1n) is 12.6. The number of hydrogen-bond acceptors (Lipinski definition) is 6. The molecule has 4 aromatic rings. The van der Waals surface area contributed by atoms with E-state index in [1.54, 1.807) is 24.7 Å². The van der Waals surface area contributed by atoms with E-state index in [9.17, 15) is 13.2 Å².